The van der Waals surface area contributed by atoms with Crippen LogP contribution < -0.4 is 5.32 Å². The molecule has 0 saturated heterocycles. The van der Waals surface area contributed by atoms with Gasteiger partial charge in [-0.05, 0) is 44.3 Å². The Hall–Kier alpha value is -2.99. The molecular formula is C21H25N5O. The number of carbonyl (C=O) groups excluding carboxylic acids is 1. The number of aryl methyl sites for hydroxylation is 1. The molecule has 2 aromatic carbocycles. The Balaban J connectivity index is 1.61. The third-order valence-electron chi connectivity index (χ3n) is 4.57. The van der Waals surface area contributed by atoms with E-state index in [-0.39, 0.29) is 11.9 Å². The van der Waals surface area contributed by atoms with Gasteiger partial charge in [-0.2, -0.15) is 5.10 Å². The van der Waals surface area contributed by atoms with Gasteiger partial charge in [0.05, 0.1) is 12.6 Å². The molecule has 1 N–H and O–H groups in total. The summed E-state index contributed by atoms with van der Waals surface area (Å²) in [6.07, 6.45) is 3.18. The van der Waals surface area contributed by atoms with Crippen LogP contribution in [0, 0.1) is 6.92 Å². The number of aromatic nitrogens is 3. The van der Waals surface area contributed by atoms with Crippen LogP contribution in [0.2, 0.25) is 0 Å². The maximum atomic E-state index is 12.5. The molecule has 0 spiro atoms. The Morgan fingerprint density at radius 2 is 1.81 bits per heavy atom. The second kappa shape index (κ2) is 8.60. The molecule has 0 aliphatic heterocycles. The topological polar surface area (TPSA) is 63.1 Å². The van der Waals surface area contributed by atoms with Crippen molar-refractivity contribution in [2.75, 3.05) is 20.6 Å². The Morgan fingerprint density at radius 3 is 2.41 bits per heavy atom. The summed E-state index contributed by atoms with van der Waals surface area (Å²) in [4.78, 5) is 18.6. The van der Waals surface area contributed by atoms with Gasteiger partial charge >= 0.3 is 0 Å². The van der Waals surface area contributed by atoms with Crippen molar-refractivity contribution in [1.29, 1.82) is 0 Å². The summed E-state index contributed by atoms with van der Waals surface area (Å²) in [7, 11) is 4.05. The first-order valence-electron chi connectivity index (χ1n) is 8.95. The monoisotopic (exact) mass is 363 g/mol. The molecular weight excluding hydrogens is 338 g/mol. The summed E-state index contributed by atoms with van der Waals surface area (Å²) < 4.78 is 1.75. The van der Waals surface area contributed by atoms with E-state index >= 15 is 0 Å². The number of nitrogens with zero attached hydrogens (tertiary/aromatic N) is 4. The van der Waals surface area contributed by atoms with Gasteiger partial charge in [-0.1, -0.05) is 42.0 Å². The smallest absolute Gasteiger partial charge is 0.251 e. The first kappa shape index (κ1) is 18.8. The van der Waals surface area contributed by atoms with Crippen molar-refractivity contribution in [1.82, 2.24) is 25.0 Å². The fourth-order valence-electron chi connectivity index (χ4n) is 2.94. The Morgan fingerprint density at radius 1 is 1.11 bits per heavy atom. The lowest BCUT2D eigenvalue weighted by molar-refractivity contribution is 0.0942. The van der Waals surface area contributed by atoms with Crippen LogP contribution in [-0.4, -0.2) is 46.2 Å². The van der Waals surface area contributed by atoms with Gasteiger partial charge in [-0.15, -0.1) is 0 Å². The van der Waals surface area contributed by atoms with Gasteiger partial charge < -0.3 is 10.2 Å². The van der Waals surface area contributed by atoms with Crippen LogP contribution in [0.4, 0.5) is 0 Å². The molecule has 3 aromatic rings. The molecule has 1 amide bonds. The highest BCUT2D eigenvalue weighted by Crippen LogP contribution is 2.18. The van der Waals surface area contributed by atoms with E-state index in [1.165, 1.54) is 17.5 Å². The Kier molecular flexibility index (Phi) is 5.98. The van der Waals surface area contributed by atoms with E-state index in [9.17, 15) is 4.79 Å². The van der Waals surface area contributed by atoms with Crippen LogP contribution in [0.5, 0.6) is 0 Å². The summed E-state index contributed by atoms with van der Waals surface area (Å²) in [5.74, 6) is -0.0683. The van der Waals surface area contributed by atoms with Crippen LogP contribution in [0.25, 0.3) is 0 Å². The Bertz CT molecular complexity index is 855. The van der Waals surface area contributed by atoms with Crippen molar-refractivity contribution in [3.63, 3.8) is 0 Å². The van der Waals surface area contributed by atoms with Gasteiger partial charge in [-0.3, -0.25) is 4.79 Å². The van der Waals surface area contributed by atoms with Gasteiger partial charge in [0.1, 0.15) is 12.7 Å². The van der Waals surface area contributed by atoms with Crippen LogP contribution in [-0.2, 0) is 6.54 Å². The SMILES string of the molecule is Cc1ccc(C(CNC(=O)c2ccc(Cn3cncn3)cc2)N(C)C)cc1. The average molecular weight is 363 g/mol. The van der Waals surface area contributed by atoms with E-state index < -0.39 is 0 Å². The van der Waals surface area contributed by atoms with Gasteiger partial charge in [0.2, 0.25) is 0 Å². The third kappa shape index (κ3) is 5.01. The largest absolute Gasteiger partial charge is 0.350 e. The number of carbonyl (C=O) groups is 1. The molecule has 0 aliphatic rings. The minimum atomic E-state index is -0.0683. The van der Waals surface area contributed by atoms with E-state index in [0.717, 1.165) is 5.56 Å². The molecule has 3 rings (SSSR count). The molecule has 0 aliphatic carbocycles. The third-order valence-corrected chi connectivity index (χ3v) is 4.57. The lowest BCUT2D eigenvalue weighted by Gasteiger charge is -2.25. The highest BCUT2D eigenvalue weighted by molar-refractivity contribution is 5.94. The van der Waals surface area contributed by atoms with Gasteiger partial charge in [-0.25, -0.2) is 9.67 Å². The maximum Gasteiger partial charge on any atom is 0.251 e. The summed E-state index contributed by atoms with van der Waals surface area (Å²) in [5, 5.41) is 7.14. The first-order valence-corrected chi connectivity index (χ1v) is 8.95. The highest BCUT2D eigenvalue weighted by atomic mass is 16.1. The Labute approximate surface area is 159 Å². The van der Waals surface area contributed by atoms with Crippen molar-refractivity contribution in [2.45, 2.75) is 19.5 Å². The molecule has 1 heterocycles. The number of likely N-dealkylation sites (N-methyl/N-ethyl adjacent to an activating group) is 1. The normalized spacial score (nSPS) is 12.1. The van der Waals surface area contributed by atoms with Crippen molar-refractivity contribution in [2.24, 2.45) is 0 Å². The fraction of sp³-hybridized carbons (Fsp3) is 0.286. The van der Waals surface area contributed by atoms with E-state index in [0.29, 0.717) is 18.7 Å². The predicted molar refractivity (Wildman–Crippen MR) is 106 cm³/mol. The lowest BCUT2D eigenvalue weighted by Crippen LogP contribution is -2.34. The van der Waals surface area contributed by atoms with Gasteiger partial charge in [0.25, 0.3) is 5.91 Å². The molecule has 140 valence electrons. The predicted octanol–water partition coefficient (Wildman–Crippen LogP) is 2.67. The molecule has 0 fully saturated rings. The van der Waals surface area contributed by atoms with Crippen LogP contribution >= 0.6 is 0 Å². The minimum absolute atomic E-state index is 0.0683. The fourth-order valence-corrected chi connectivity index (χ4v) is 2.94. The van der Waals surface area contributed by atoms with Gasteiger partial charge in [0, 0.05) is 12.1 Å². The average Bonchev–Trinajstić information content (AvgIpc) is 3.16. The zero-order valence-electron chi connectivity index (χ0n) is 16.0. The van der Waals surface area contributed by atoms with Crippen LogP contribution in [0.1, 0.15) is 33.1 Å². The number of amides is 1. The van der Waals surface area contributed by atoms with Crippen molar-refractivity contribution < 1.29 is 4.79 Å². The van der Waals surface area contributed by atoms with E-state index in [1.54, 1.807) is 11.0 Å². The van der Waals surface area contributed by atoms with Crippen LogP contribution in [0.15, 0.2) is 61.2 Å². The van der Waals surface area contributed by atoms with Crippen LogP contribution in [0.3, 0.4) is 0 Å². The number of nitrogens with one attached hydrogen (secondary N) is 1. The molecule has 1 aromatic heterocycles. The summed E-state index contributed by atoms with van der Waals surface area (Å²) >= 11 is 0. The second-order valence-electron chi connectivity index (χ2n) is 6.89. The van der Waals surface area contributed by atoms with E-state index in [2.05, 4.69) is 51.5 Å². The molecule has 6 nitrogen and oxygen atoms in total. The highest BCUT2D eigenvalue weighted by Gasteiger charge is 2.15. The molecule has 1 unspecified atom stereocenters. The number of rotatable bonds is 7. The first-order chi connectivity index (χ1) is 13.0. The number of benzene rings is 2. The molecule has 0 bridgehead atoms. The lowest BCUT2D eigenvalue weighted by atomic mass is 10.0. The minimum Gasteiger partial charge on any atom is -0.350 e. The second-order valence-corrected chi connectivity index (χ2v) is 6.89. The van der Waals surface area contributed by atoms with Crippen molar-refractivity contribution >= 4 is 5.91 Å². The molecule has 1 atom stereocenters. The molecule has 27 heavy (non-hydrogen) atoms. The number of hydrogen-bond acceptors (Lipinski definition) is 4. The molecule has 6 heteroatoms. The summed E-state index contributed by atoms with van der Waals surface area (Å²) in [6, 6.07) is 16.1. The summed E-state index contributed by atoms with van der Waals surface area (Å²) in [6.45, 7) is 3.26. The van der Waals surface area contributed by atoms with Gasteiger partial charge in [0.15, 0.2) is 0 Å². The van der Waals surface area contributed by atoms with E-state index in [4.69, 9.17) is 0 Å². The van der Waals surface area contributed by atoms with Crippen molar-refractivity contribution in [3.8, 4) is 0 Å². The molecule has 0 saturated carbocycles. The van der Waals surface area contributed by atoms with E-state index in [1.807, 2.05) is 38.4 Å². The summed E-state index contributed by atoms with van der Waals surface area (Å²) in [5.41, 5.74) is 4.14. The standard InChI is InChI=1S/C21H25N5O/c1-16-4-8-18(9-5-16)20(25(2)3)12-23-21(27)19-10-6-17(7-11-19)13-26-15-22-14-24-26/h4-11,14-15,20H,12-13H2,1-3H3,(H,23,27). The zero-order valence-corrected chi connectivity index (χ0v) is 16.0. The maximum absolute atomic E-state index is 12.5. The van der Waals surface area contributed by atoms with Crippen molar-refractivity contribution in [3.05, 3.63) is 83.4 Å². The number of hydrogen-bond donors (Lipinski definition) is 1. The molecule has 0 radical (unpaired) electrons. The quantitative estimate of drug-likeness (QED) is 0.701. The zero-order chi connectivity index (χ0) is 19.2.